The van der Waals surface area contributed by atoms with E-state index in [1.54, 1.807) is 15.9 Å². The molecule has 1 aromatic carbocycles. The lowest BCUT2D eigenvalue weighted by molar-refractivity contribution is -0.159. The third-order valence-corrected chi connectivity index (χ3v) is 9.38. The topological polar surface area (TPSA) is 125 Å². The van der Waals surface area contributed by atoms with Gasteiger partial charge in [-0.25, -0.2) is 0 Å². The number of aliphatic hydroxyl groups excluding tert-OH is 1. The summed E-state index contributed by atoms with van der Waals surface area (Å²) in [6.45, 7) is 4.88. The number of esters is 1. The molecule has 4 heterocycles. The van der Waals surface area contributed by atoms with Gasteiger partial charge in [-0.3, -0.25) is 19.2 Å². The molecule has 5 bridgehead atoms. The molecule has 4 aliphatic rings. The maximum absolute atomic E-state index is 14.6. The van der Waals surface area contributed by atoms with E-state index in [1.165, 1.54) is 0 Å². The molecule has 5 rings (SSSR count). The van der Waals surface area contributed by atoms with Crippen LogP contribution in [-0.2, 0) is 28.7 Å². The molecule has 1 aromatic rings. The number of likely N-dealkylation sites (tertiary alicyclic amines) is 1. The highest BCUT2D eigenvalue weighted by molar-refractivity contribution is 5.99. The van der Waals surface area contributed by atoms with Gasteiger partial charge in [0.1, 0.15) is 23.7 Å². The van der Waals surface area contributed by atoms with E-state index in [2.05, 4.69) is 12.2 Å². The summed E-state index contributed by atoms with van der Waals surface area (Å²) in [6.07, 6.45) is 10.3. The van der Waals surface area contributed by atoms with Gasteiger partial charge in [0.05, 0.1) is 18.6 Å². The highest BCUT2D eigenvalue weighted by Gasteiger charge is 2.73. The Bertz CT molecular complexity index is 1270. The van der Waals surface area contributed by atoms with Crippen molar-refractivity contribution in [3.05, 3.63) is 60.2 Å². The maximum atomic E-state index is 14.6. The Morgan fingerprint density at radius 2 is 1.86 bits per heavy atom. The number of nitrogens with one attached hydrogen (secondary N) is 1. The van der Waals surface area contributed by atoms with E-state index in [0.29, 0.717) is 38.8 Å². The number of amides is 3. The summed E-state index contributed by atoms with van der Waals surface area (Å²) >= 11 is 0. The van der Waals surface area contributed by atoms with Crippen molar-refractivity contribution in [3.8, 4) is 0 Å². The molecule has 3 amide bonds. The Kier molecular flexibility index (Phi) is 10.2. The molecule has 4 aliphatic heterocycles. The average molecular weight is 608 g/mol. The molecule has 238 valence electrons. The summed E-state index contributed by atoms with van der Waals surface area (Å²) < 4.78 is 12.6. The molecule has 0 aliphatic carbocycles. The second-order valence-electron chi connectivity index (χ2n) is 12.3. The highest BCUT2D eigenvalue weighted by atomic mass is 16.6. The van der Waals surface area contributed by atoms with Crippen LogP contribution in [0.4, 0.5) is 0 Å². The van der Waals surface area contributed by atoms with Crippen molar-refractivity contribution in [2.75, 3.05) is 26.2 Å². The van der Waals surface area contributed by atoms with Gasteiger partial charge in [0.2, 0.25) is 17.7 Å². The summed E-state index contributed by atoms with van der Waals surface area (Å²) in [6, 6.07) is 8.19. The first-order valence-corrected chi connectivity index (χ1v) is 16.1. The molecule has 2 N–H and O–H groups in total. The van der Waals surface area contributed by atoms with Gasteiger partial charge in [0.25, 0.3) is 0 Å². The van der Waals surface area contributed by atoms with Crippen LogP contribution in [0.3, 0.4) is 0 Å². The van der Waals surface area contributed by atoms with Crippen molar-refractivity contribution in [2.45, 2.75) is 88.7 Å². The third-order valence-electron chi connectivity index (χ3n) is 9.38. The number of unbranched alkanes of at least 4 members (excludes halogenated alkanes) is 2. The third kappa shape index (κ3) is 6.19. The van der Waals surface area contributed by atoms with Crippen molar-refractivity contribution >= 4 is 23.7 Å². The minimum atomic E-state index is -1.28. The molecule has 1 spiro atoms. The second-order valence-corrected chi connectivity index (χ2v) is 12.3. The predicted molar refractivity (Wildman–Crippen MR) is 163 cm³/mol. The Morgan fingerprint density at radius 1 is 1.07 bits per heavy atom. The van der Waals surface area contributed by atoms with Gasteiger partial charge in [-0.2, -0.15) is 0 Å². The average Bonchev–Trinajstić information content (AvgIpc) is 3.66. The lowest BCUT2D eigenvalue weighted by atomic mass is 9.74. The van der Waals surface area contributed by atoms with Crippen LogP contribution in [-0.4, -0.2) is 88.6 Å². The van der Waals surface area contributed by atoms with Crippen LogP contribution in [0, 0.1) is 11.8 Å². The first-order chi connectivity index (χ1) is 21.3. The van der Waals surface area contributed by atoms with Crippen molar-refractivity contribution < 1.29 is 33.8 Å². The number of carbonyl (C=O) groups excluding carboxylic acids is 4. The second kappa shape index (κ2) is 14.1. The van der Waals surface area contributed by atoms with E-state index in [0.717, 1.165) is 18.4 Å². The molecular weight excluding hydrogens is 562 g/mol. The molecule has 7 atom stereocenters. The molecule has 0 saturated carbocycles. The van der Waals surface area contributed by atoms with Crippen LogP contribution < -0.4 is 5.32 Å². The fourth-order valence-electron chi connectivity index (χ4n) is 7.18. The Morgan fingerprint density at radius 3 is 2.61 bits per heavy atom. The maximum Gasteiger partial charge on any atom is 0.313 e. The van der Waals surface area contributed by atoms with E-state index >= 15 is 0 Å². The molecule has 10 heteroatoms. The zero-order chi connectivity index (χ0) is 31.3. The zero-order valence-corrected chi connectivity index (χ0v) is 25.7. The standard InChI is InChI=1S/C34H45N3O7/c1-3-13-23(2)36-19-10-5-9-16-27(39)35-22-26(24-14-7-4-8-15-24)43-33(42)28-25-17-18-34(44-25)29(28)31(40)37(30(34)32(36)41)20-11-6-12-21-38/h4-5,7-8,10,14-15,17-18,23,25-26,28-30,38H,3,6,9,11-13,16,19-22H2,1-2H3,(H,35,39)/b10-5-/t23?,25-,26-,28+,29+,30-,34+/m1/s1. The van der Waals surface area contributed by atoms with Crippen LogP contribution in [0.2, 0.25) is 0 Å². The number of nitrogens with zero attached hydrogens (tertiary/aromatic N) is 2. The summed E-state index contributed by atoms with van der Waals surface area (Å²) in [5, 5.41) is 12.2. The summed E-state index contributed by atoms with van der Waals surface area (Å²) in [7, 11) is 0. The van der Waals surface area contributed by atoms with Gasteiger partial charge in [0, 0.05) is 32.2 Å². The number of aliphatic hydroxyl groups is 1. The van der Waals surface area contributed by atoms with Crippen LogP contribution in [0.5, 0.6) is 0 Å². The van der Waals surface area contributed by atoms with Gasteiger partial charge >= 0.3 is 5.97 Å². The normalized spacial score (nSPS) is 32.0. The number of benzene rings is 1. The minimum Gasteiger partial charge on any atom is -0.455 e. The quantitative estimate of drug-likeness (QED) is 0.251. The number of ether oxygens (including phenoxy) is 2. The van der Waals surface area contributed by atoms with Gasteiger partial charge in [-0.15, -0.1) is 0 Å². The van der Waals surface area contributed by atoms with E-state index in [1.807, 2.05) is 55.5 Å². The molecule has 0 aromatic heterocycles. The fourth-order valence-corrected chi connectivity index (χ4v) is 7.18. The summed E-state index contributed by atoms with van der Waals surface area (Å²) in [5.74, 6) is -3.08. The Labute approximate surface area is 259 Å². The minimum absolute atomic E-state index is 0.0575. The zero-order valence-electron chi connectivity index (χ0n) is 25.7. The lowest BCUT2D eigenvalue weighted by Crippen LogP contribution is -2.57. The number of allylic oxidation sites excluding steroid dienone is 1. The monoisotopic (exact) mass is 607 g/mol. The molecule has 44 heavy (non-hydrogen) atoms. The van der Waals surface area contributed by atoms with Crippen molar-refractivity contribution in [1.29, 1.82) is 0 Å². The molecule has 0 radical (unpaired) electrons. The van der Waals surface area contributed by atoms with Crippen molar-refractivity contribution in [1.82, 2.24) is 15.1 Å². The molecular formula is C34H45N3O7. The van der Waals surface area contributed by atoms with Gasteiger partial charge in [-0.1, -0.05) is 68.0 Å². The van der Waals surface area contributed by atoms with Crippen LogP contribution in [0.15, 0.2) is 54.6 Å². The SMILES string of the molecule is CCCC(C)N1C/C=C\CCC(=O)NC[C@H](c2ccccc2)OC(=O)[C@@H]2[C@H]3C(=O)N(CCCCCO)[C@H](C1=O)[C@]31C=C[C@H]2O1. The van der Waals surface area contributed by atoms with E-state index in [-0.39, 0.29) is 43.3 Å². The van der Waals surface area contributed by atoms with Crippen molar-refractivity contribution in [2.24, 2.45) is 11.8 Å². The number of hydrogen-bond donors (Lipinski definition) is 2. The number of rotatable bonds is 9. The fraction of sp³-hybridized carbons (Fsp3) is 0.588. The van der Waals surface area contributed by atoms with Gasteiger partial charge in [-0.05, 0) is 44.6 Å². The van der Waals surface area contributed by atoms with Gasteiger partial charge in [0.15, 0.2) is 0 Å². The van der Waals surface area contributed by atoms with E-state index in [4.69, 9.17) is 9.47 Å². The largest absolute Gasteiger partial charge is 0.455 e. The summed E-state index contributed by atoms with van der Waals surface area (Å²) in [5.41, 5.74) is -0.553. The number of carbonyl (C=O) groups is 4. The molecule has 2 fully saturated rings. The number of hydrogen-bond acceptors (Lipinski definition) is 7. The predicted octanol–water partition coefficient (Wildman–Crippen LogP) is 3.07. The Hall–Kier alpha value is -3.50. The lowest BCUT2D eigenvalue weighted by Gasteiger charge is -2.38. The molecule has 1 unspecified atom stereocenters. The smallest absolute Gasteiger partial charge is 0.313 e. The van der Waals surface area contributed by atoms with Crippen LogP contribution >= 0.6 is 0 Å². The van der Waals surface area contributed by atoms with E-state index in [9.17, 15) is 24.3 Å². The van der Waals surface area contributed by atoms with E-state index < -0.39 is 41.7 Å². The first-order valence-electron chi connectivity index (χ1n) is 16.1. The molecule has 2 saturated heterocycles. The summed E-state index contributed by atoms with van der Waals surface area (Å²) in [4.78, 5) is 59.0. The highest BCUT2D eigenvalue weighted by Crippen LogP contribution is 2.56. The van der Waals surface area contributed by atoms with Gasteiger partial charge < -0.3 is 29.7 Å². The van der Waals surface area contributed by atoms with Crippen LogP contribution in [0.25, 0.3) is 0 Å². The van der Waals surface area contributed by atoms with Crippen LogP contribution in [0.1, 0.15) is 70.5 Å². The molecule has 10 nitrogen and oxygen atoms in total. The Balaban J connectivity index is 1.54. The van der Waals surface area contributed by atoms with Crippen molar-refractivity contribution in [3.63, 3.8) is 0 Å². The number of fused-ring (bicyclic) bond motifs is 2. The first kappa shape index (κ1) is 31.9. The number of cyclic esters (lactones) is 1.